The molecule has 4 aromatic rings. The zero-order chi connectivity index (χ0) is 29.9. The van der Waals surface area contributed by atoms with E-state index in [4.69, 9.17) is 14.6 Å². The van der Waals surface area contributed by atoms with Crippen LogP contribution < -0.4 is 14.6 Å². The maximum absolute atomic E-state index is 13.4. The molecule has 0 amide bonds. The first-order chi connectivity index (χ1) is 20.1. The van der Waals surface area contributed by atoms with Gasteiger partial charge >= 0.3 is 0 Å². The van der Waals surface area contributed by atoms with Gasteiger partial charge in [0.2, 0.25) is 0 Å². The van der Waals surface area contributed by atoms with Gasteiger partial charge in [0, 0.05) is 25.5 Å². The third-order valence-electron chi connectivity index (χ3n) is 6.94. The zero-order valence-corrected chi connectivity index (χ0v) is 25.0. The Bertz CT molecular complexity index is 1660. The largest absolute Gasteiger partial charge is 0.497 e. The van der Waals surface area contributed by atoms with E-state index in [0.717, 1.165) is 48.3 Å². The molecule has 14 heteroatoms. The number of hydrogen-bond acceptors (Lipinski definition) is 8. The van der Waals surface area contributed by atoms with E-state index in [1.807, 2.05) is 48.5 Å². The van der Waals surface area contributed by atoms with Gasteiger partial charge in [0.05, 0.1) is 26.3 Å². The summed E-state index contributed by atoms with van der Waals surface area (Å²) in [5, 5.41) is 13.1. The van der Waals surface area contributed by atoms with Crippen molar-refractivity contribution in [3.05, 3.63) is 84.2 Å². The predicted molar refractivity (Wildman–Crippen MR) is 155 cm³/mol. The molecular weight excluding hydrogens is 580 g/mol. The molecule has 2 aromatic heterocycles. The fourth-order valence-electron chi connectivity index (χ4n) is 4.24. The number of nitrogens with two attached hydrogens (primary N) is 1. The molecule has 2 aliphatic rings. The Hall–Kier alpha value is -3.72. The molecule has 2 saturated carbocycles. The lowest BCUT2D eigenvalue weighted by atomic mass is 10.2. The highest BCUT2D eigenvalue weighted by atomic mass is 32.2. The minimum Gasteiger partial charge on any atom is -0.497 e. The molecule has 2 N–H and O–H groups in total. The molecule has 0 radical (unpaired) electrons. The maximum atomic E-state index is 13.4. The second kappa shape index (κ2) is 12.3. The molecule has 0 unspecified atom stereocenters. The van der Waals surface area contributed by atoms with Crippen LogP contribution in [0.25, 0.3) is 0 Å². The van der Waals surface area contributed by atoms with Crippen LogP contribution in [-0.2, 0) is 33.1 Å². The Kier molecular flexibility index (Phi) is 8.68. The lowest BCUT2D eigenvalue weighted by molar-refractivity contribution is 0.395. The molecule has 12 nitrogen and oxygen atoms in total. The predicted octanol–water partition coefficient (Wildman–Crippen LogP) is 3.49. The van der Waals surface area contributed by atoms with Crippen molar-refractivity contribution in [1.82, 2.24) is 23.9 Å². The fourth-order valence-corrected chi connectivity index (χ4v) is 6.03. The lowest BCUT2D eigenvalue weighted by Crippen LogP contribution is -2.30. The average Bonchev–Trinajstić information content (AvgIpc) is 3.91. The Labute approximate surface area is 245 Å². The molecule has 0 bridgehead atoms. The Morgan fingerprint density at radius 3 is 1.48 bits per heavy atom. The average molecular weight is 615 g/mol. The van der Waals surface area contributed by atoms with Crippen LogP contribution in [0.3, 0.4) is 0 Å². The Balaban J connectivity index is 0.000000244. The molecule has 2 aliphatic carbocycles. The summed E-state index contributed by atoms with van der Waals surface area (Å²) in [5.74, 6) is 1.46. The summed E-state index contributed by atoms with van der Waals surface area (Å²) in [6.07, 6.45) is 7.64. The summed E-state index contributed by atoms with van der Waals surface area (Å²) < 4.78 is 63.7. The van der Waals surface area contributed by atoms with Crippen LogP contribution >= 0.6 is 0 Å². The van der Waals surface area contributed by atoms with Gasteiger partial charge in [0.25, 0.3) is 20.0 Å². The molecule has 0 atom stereocenters. The van der Waals surface area contributed by atoms with Crippen molar-refractivity contribution in [2.45, 2.75) is 60.9 Å². The van der Waals surface area contributed by atoms with Crippen molar-refractivity contribution in [3.63, 3.8) is 0 Å². The van der Waals surface area contributed by atoms with Gasteiger partial charge in [-0.3, -0.25) is 9.36 Å². The van der Waals surface area contributed by atoms with E-state index in [-0.39, 0.29) is 23.1 Å². The normalized spacial score (nSPS) is 15.2. The van der Waals surface area contributed by atoms with Gasteiger partial charge in [-0.15, -0.1) is 0 Å². The van der Waals surface area contributed by atoms with Crippen molar-refractivity contribution in [3.8, 4) is 11.5 Å². The highest BCUT2D eigenvalue weighted by Gasteiger charge is 2.31. The first kappa shape index (κ1) is 29.8. The van der Waals surface area contributed by atoms with Gasteiger partial charge in [0.1, 0.15) is 11.5 Å². The SMILES string of the molecule is COc1ccc(CN(Cc2ccc(OC)cc2)S(=O)(=O)c2ccn(C3CC3)n2)cc1.NS(=O)(=O)c1ccn(C2CC2)n1. The van der Waals surface area contributed by atoms with Gasteiger partial charge in [-0.25, -0.2) is 22.0 Å². The summed E-state index contributed by atoms with van der Waals surface area (Å²) in [6, 6.07) is 18.5. The van der Waals surface area contributed by atoms with E-state index in [2.05, 4.69) is 10.2 Å². The number of ether oxygens (including phenoxy) is 2. The van der Waals surface area contributed by atoms with Gasteiger partial charge in [-0.1, -0.05) is 24.3 Å². The quantitative estimate of drug-likeness (QED) is 0.270. The topological polar surface area (TPSA) is 152 Å². The molecule has 0 saturated heterocycles. The molecule has 6 rings (SSSR count). The summed E-state index contributed by atoms with van der Waals surface area (Å²) in [6.45, 7) is 0.462. The van der Waals surface area contributed by atoms with Crippen LogP contribution in [0.4, 0.5) is 0 Å². The fraction of sp³-hybridized carbons (Fsp3) is 0.357. The number of sulfonamides is 2. The third-order valence-corrected chi connectivity index (χ3v) is 9.43. The number of benzene rings is 2. The highest BCUT2D eigenvalue weighted by Crippen LogP contribution is 2.35. The minimum absolute atomic E-state index is 0.0469. The number of nitrogens with zero attached hydrogens (tertiary/aromatic N) is 5. The van der Waals surface area contributed by atoms with Crippen molar-refractivity contribution in [2.75, 3.05) is 14.2 Å². The number of hydrogen-bond donors (Lipinski definition) is 1. The van der Waals surface area contributed by atoms with E-state index in [0.29, 0.717) is 12.1 Å². The standard InChI is InChI=1S/C22H25N3O4S.C6H9N3O2S/c1-28-20-9-3-17(4-10-20)15-24(16-18-5-11-21(29-2)12-6-18)30(26,27)22-13-14-25(23-22)19-7-8-19;7-12(10,11)6-3-4-9(8-6)5-1-2-5/h3-6,9-14,19H,7-8,15-16H2,1-2H3;3-5H,1-2H2,(H2,7,10,11). The minimum atomic E-state index is -3.77. The maximum Gasteiger partial charge on any atom is 0.262 e. The van der Waals surface area contributed by atoms with Gasteiger partial charge in [-0.05, 0) is 73.2 Å². The van der Waals surface area contributed by atoms with E-state index < -0.39 is 20.0 Å². The van der Waals surface area contributed by atoms with Crippen molar-refractivity contribution in [1.29, 1.82) is 0 Å². The summed E-state index contributed by atoms with van der Waals surface area (Å²) >= 11 is 0. The van der Waals surface area contributed by atoms with Crippen molar-refractivity contribution in [2.24, 2.45) is 5.14 Å². The summed E-state index contributed by atoms with van der Waals surface area (Å²) in [5.41, 5.74) is 1.74. The third kappa shape index (κ3) is 7.37. The monoisotopic (exact) mass is 614 g/mol. The van der Waals surface area contributed by atoms with Crippen LogP contribution in [0, 0.1) is 0 Å². The van der Waals surface area contributed by atoms with Crippen LogP contribution in [0.2, 0.25) is 0 Å². The van der Waals surface area contributed by atoms with E-state index >= 15 is 0 Å². The summed E-state index contributed by atoms with van der Waals surface area (Å²) in [7, 11) is -4.19. The Morgan fingerprint density at radius 2 is 1.12 bits per heavy atom. The molecular formula is C28H34N6O6S2. The second-order valence-corrected chi connectivity index (χ2v) is 13.6. The molecule has 0 spiro atoms. The molecule has 2 fully saturated rings. The van der Waals surface area contributed by atoms with Gasteiger partial charge in [-0.2, -0.15) is 14.5 Å². The smallest absolute Gasteiger partial charge is 0.262 e. The Morgan fingerprint density at radius 1 is 0.714 bits per heavy atom. The number of aromatic nitrogens is 4. The number of primary sulfonamides is 1. The molecule has 42 heavy (non-hydrogen) atoms. The van der Waals surface area contributed by atoms with Crippen LogP contribution in [0.5, 0.6) is 11.5 Å². The van der Waals surface area contributed by atoms with Crippen LogP contribution in [0.15, 0.2) is 83.1 Å². The summed E-state index contributed by atoms with van der Waals surface area (Å²) in [4.78, 5) is 0. The number of rotatable bonds is 11. The first-order valence-electron chi connectivity index (χ1n) is 13.5. The molecule has 2 aromatic carbocycles. The lowest BCUT2D eigenvalue weighted by Gasteiger charge is -2.21. The van der Waals surface area contributed by atoms with E-state index in [1.54, 1.807) is 42.0 Å². The van der Waals surface area contributed by atoms with Crippen molar-refractivity contribution < 1.29 is 26.3 Å². The molecule has 224 valence electrons. The van der Waals surface area contributed by atoms with Gasteiger partial charge < -0.3 is 9.47 Å². The van der Waals surface area contributed by atoms with Gasteiger partial charge in [0.15, 0.2) is 10.1 Å². The van der Waals surface area contributed by atoms with Crippen molar-refractivity contribution >= 4 is 20.0 Å². The highest BCUT2D eigenvalue weighted by molar-refractivity contribution is 7.89. The number of methoxy groups -OCH3 is 2. The second-order valence-electron chi connectivity index (χ2n) is 10.2. The van der Waals surface area contributed by atoms with E-state index in [9.17, 15) is 16.8 Å². The van der Waals surface area contributed by atoms with Crippen LogP contribution in [0.1, 0.15) is 48.9 Å². The zero-order valence-electron chi connectivity index (χ0n) is 23.4. The first-order valence-corrected chi connectivity index (χ1v) is 16.4. The van der Waals surface area contributed by atoms with Crippen LogP contribution in [-0.4, -0.2) is 54.9 Å². The van der Waals surface area contributed by atoms with E-state index in [1.165, 1.54) is 10.4 Å². The molecule has 0 aliphatic heterocycles. The molecule has 2 heterocycles.